The molecule has 0 aliphatic heterocycles. The summed E-state index contributed by atoms with van der Waals surface area (Å²) < 4.78 is 13.1. The summed E-state index contributed by atoms with van der Waals surface area (Å²) in [5, 5.41) is 20.4. The first-order valence-electron chi connectivity index (χ1n) is 14.4. The summed E-state index contributed by atoms with van der Waals surface area (Å²) in [6, 6.07) is 16.3. The van der Waals surface area contributed by atoms with Gasteiger partial charge in [0.1, 0.15) is 17.5 Å². The number of nitrogens with zero attached hydrogens (tertiary/aromatic N) is 2. The summed E-state index contributed by atoms with van der Waals surface area (Å²) in [5.41, 5.74) is 2.67. The molecular weight excluding hydrogens is 520 g/mol. The second kappa shape index (κ2) is 15.8. The molecule has 0 saturated heterocycles. The molecule has 0 spiro atoms. The van der Waals surface area contributed by atoms with E-state index in [0.717, 1.165) is 18.4 Å². The highest BCUT2D eigenvalue weighted by atomic mass is 16.5. The van der Waals surface area contributed by atoms with Gasteiger partial charge in [-0.3, -0.25) is 14.3 Å². The van der Waals surface area contributed by atoms with Gasteiger partial charge in [0.15, 0.2) is 5.69 Å². The zero-order valence-corrected chi connectivity index (χ0v) is 24.9. The zero-order chi connectivity index (χ0) is 29.8. The SMILES string of the molecule is CCC(O)CNC(=O)[C@H](CCc1ccccc1)NC(=O)c1cc(-c2c(OC)cccc2OC)n(CC(CC)CC)n1. The number of hydrogen-bond acceptors (Lipinski definition) is 6. The maximum absolute atomic E-state index is 13.6. The van der Waals surface area contributed by atoms with E-state index in [1.54, 1.807) is 20.3 Å². The molecule has 41 heavy (non-hydrogen) atoms. The number of aliphatic hydroxyl groups excluding tert-OH is 1. The minimum Gasteiger partial charge on any atom is -0.496 e. The topological polar surface area (TPSA) is 115 Å². The lowest BCUT2D eigenvalue weighted by atomic mass is 10.0. The van der Waals surface area contributed by atoms with Crippen molar-refractivity contribution in [1.29, 1.82) is 0 Å². The fourth-order valence-corrected chi connectivity index (χ4v) is 4.71. The summed E-state index contributed by atoms with van der Waals surface area (Å²) in [7, 11) is 3.19. The van der Waals surface area contributed by atoms with E-state index >= 15 is 0 Å². The third-order valence-electron chi connectivity index (χ3n) is 7.45. The van der Waals surface area contributed by atoms with Gasteiger partial charge < -0.3 is 25.2 Å². The van der Waals surface area contributed by atoms with Gasteiger partial charge in [-0.25, -0.2) is 0 Å². The van der Waals surface area contributed by atoms with Crippen molar-refractivity contribution >= 4 is 11.8 Å². The van der Waals surface area contributed by atoms with E-state index in [9.17, 15) is 14.7 Å². The molecule has 0 fully saturated rings. The second-order valence-electron chi connectivity index (χ2n) is 10.2. The number of ether oxygens (including phenoxy) is 2. The van der Waals surface area contributed by atoms with Gasteiger partial charge in [-0.2, -0.15) is 5.10 Å². The summed E-state index contributed by atoms with van der Waals surface area (Å²) in [4.78, 5) is 26.8. The lowest BCUT2D eigenvalue weighted by Gasteiger charge is -2.19. The molecule has 3 rings (SSSR count). The predicted octanol–water partition coefficient (Wildman–Crippen LogP) is 4.62. The molecule has 2 aromatic carbocycles. The maximum atomic E-state index is 13.6. The van der Waals surface area contributed by atoms with E-state index in [-0.39, 0.29) is 18.1 Å². The number of nitrogens with one attached hydrogen (secondary N) is 2. The number of aryl methyl sites for hydroxylation is 1. The van der Waals surface area contributed by atoms with Gasteiger partial charge in [-0.05, 0) is 48.9 Å². The van der Waals surface area contributed by atoms with Crippen LogP contribution in [-0.4, -0.2) is 59.6 Å². The van der Waals surface area contributed by atoms with Crippen molar-refractivity contribution in [1.82, 2.24) is 20.4 Å². The van der Waals surface area contributed by atoms with Crippen LogP contribution in [0.2, 0.25) is 0 Å². The number of carbonyl (C=O) groups is 2. The van der Waals surface area contributed by atoms with Gasteiger partial charge in [-0.1, -0.05) is 70.0 Å². The monoisotopic (exact) mass is 564 g/mol. The average molecular weight is 565 g/mol. The van der Waals surface area contributed by atoms with Crippen LogP contribution in [0.4, 0.5) is 0 Å². The number of methoxy groups -OCH3 is 2. The molecule has 0 saturated carbocycles. The van der Waals surface area contributed by atoms with Crippen molar-refractivity contribution in [2.24, 2.45) is 5.92 Å². The molecule has 2 amide bonds. The Labute approximate surface area is 243 Å². The molecule has 222 valence electrons. The standard InChI is InChI=1S/C32H44N4O5/c1-6-22(7-2)21-36-27(30-28(40-4)15-12-16-29(30)41-5)19-26(35-36)32(39)34-25(31(38)33-20-24(37)8-3)18-17-23-13-10-9-11-14-23/h9-16,19,22,24-25,37H,6-8,17-18,20-21H2,1-5H3,(H,33,38)(H,34,39)/t24?,25-/m0/s1. The van der Waals surface area contributed by atoms with Crippen molar-refractivity contribution < 1.29 is 24.2 Å². The Morgan fingerprint density at radius 2 is 1.61 bits per heavy atom. The van der Waals surface area contributed by atoms with Crippen molar-refractivity contribution in [3.8, 4) is 22.8 Å². The maximum Gasteiger partial charge on any atom is 0.272 e. The molecule has 0 aliphatic carbocycles. The van der Waals surface area contributed by atoms with Crippen molar-refractivity contribution in [2.75, 3.05) is 20.8 Å². The van der Waals surface area contributed by atoms with Crippen LogP contribution in [-0.2, 0) is 17.8 Å². The molecular formula is C32H44N4O5. The minimum atomic E-state index is -0.805. The Balaban J connectivity index is 1.94. The largest absolute Gasteiger partial charge is 0.496 e. The van der Waals surface area contributed by atoms with Crippen molar-refractivity contribution in [3.05, 3.63) is 65.9 Å². The number of amides is 2. The summed E-state index contributed by atoms with van der Waals surface area (Å²) in [5.74, 6) is 0.783. The number of benzene rings is 2. The lowest BCUT2D eigenvalue weighted by molar-refractivity contribution is -0.123. The highest BCUT2D eigenvalue weighted by molar-refractivity contribution is 5.97. The Morgan fingerprint density at radius 3 is 2.20 bits per heavy atom. The van der Waals surface area contributed by atoms with E-state index in [4.69, 9.17) is 14.6 Å². The summed E-state index contributed by atoms with van der Waals surface area (Å²) >= 11 is 0. The van der Waals surface area contributed by atoms with E-state index in [2.05, 4.69) is 24.5 Å². The fourth-order valence-electron chi connectivity index (χ4n) is 4.71. The minimum absolute atomic E-state index is 0.120. The highest BCUT2D eigenvalue weighted by Crippen LogP contribution is 2.39. The zero-order valence-electron chi connectivity index (χ0n) is 24.9. The van der Waals surface area contributed by atoms with Crippen molar-refractivity contribution in [2.45, 2.75) is 71.6 Å². The molecule has 1 heterocycles. The summed E-state index contributed by atoms with van der Waals surface area (Å²) in [6.45, 7) is 6.86. The molecule has 1 unspecified atom stereocenters. The molecule has 9 heteroatoms. The Morgan fingerprint density at radius 1 is 0.951 bits per heavy atom. The van der Waals surface area contributed by atoms with Gasteiger partial charge in [0.25, 0.3) is 5.91 Å². The first-order valence-corrected chi connectivity index (χ1v) is 14.4. The quantitative estimate of drug-likeness (QED) is 0.234. The summed E-state index contributed by atoms with van der Waals surface area (Å²) in [6.07, 6.45) is 2.79. The molecule has 3 N–H and O–H groups in total. The first-order chi connectivity index (χ1) is 19.8. The number of carbonyl (C=O) groups excluding carboxylic acids is 2. The van der Waals surface area contributed by atoms with Gasteiger partial charge in [0.2, 0.25) is 5.91 Å². The van der Waals surface area contributed by atoms with Gasteiger partial charge in [-0.15, -0.1) is 0 Å². The normalized spacial score (nSPS) is 12.6. The van der Waals surface area contributed by atoms with Crippen LogP contribution < -0.4 is 20.1 Å². The molecule has 3 aromatic rings. The number of hydrogen-bond donors (Lipinski definition) is 3. The fraction of sp³-hybridized carbons (Fsp3) is 0.469. The molecule has 2 atom stereocenters. The smallest absolute Gasteiger partial charge is 0.272 e. The van der Waals surface area contributed by atoms with E-state index in [0.29, 0.717) is 54.5 Å². The van der Waals surface area contributed by atoms with Gasteiger partial charge in [0, 0.05) is 13.1 Å². The van der Waals surface area contributed by atoms with E-state index in [1.165, 1.54) is 0 Å². The Kier molecular flexibility index (Phi) is 12.2. The number of aliphatic hydroxyl groups is 1. The van der Waals surface area contributed by atoms with E-state index in [1.807, 2.05) is 60.1 Å². The molecule has 1 aromatic heterocycles. The van der Waals surface area contributed by atoms with Gasteiger partial charge in [0.05, 0.1) is 31.6 Å². The van der Waals surface area contributed by atoms with Crippen molar-refractivity contribution in [3.63, 3.8) is 0 Å². The van der Waals surface area contributed by atoms with Crippen LogP contribution in [0, 0.1) is 5.92 Å². The van der Waals surface area contributed by atoms with Crippen LogP contribution in [0.5, 0.6) is 11.5 Å². The molecule has 0 aliphatic rings. The van der Waals surface area contributed by atoms with Crippen LogP contribution in [0.25, 0.3) is 11.3 Å². The molecule has 9 nitrogen and oxygen atoms in total. The first kappa shape index (κ1) is 31.7. The van der Waals surface area contributed by atoms with Crippen LogP contribution in [0.1, 0.15) is 62.5 Å². The van der Waals surface area contributed by atoms with Crippen LogP contribution in [0.3, 0.4) is 0 Å². The van der Waals surface area contributed by atoms with E-state index < -0.39 is 18.1 Å². The van der Waals surface area contributed by atoms with Gasteiger partial charge >= 0.3 is 0 Å². The Bertz CT molecular complexity index is 1230. The number of aromatic nitrogens is 2. The third kappa shape index (κ3) is 8.57. The second-order valence-corrected chi connectivity index (χ2v) is 10.2. The predicted molar refractivity (Wildman–Crippen MR) is 160 cm³/mol. The van der Waals surface area contributed by atoms with Crippen LogP contribution in [0.15, 0.2) is 54.6 Å². The highest BCUT2D eigenvalue weighted by Gasteiger charge is 2.26. The third-order valence-corrected chi connectivity index (χ3v) is 7.45. The lowest BCUT2D eigenvalue weighted by Crippen LogP contribution is -2.48. The number of rotatable bonds is 16. The molecule has 0 radical (unpaired) electrons. The Hall–Kier alpha value is -3.85. The average Bonchev–Trinajstić information content (AvgIpc) is 3.43. The molecule has 0 bridgehead atoms. The van der Waals surface area contributed by atoms with Crippen LogP contribution >= 0.6 is 0 Å².